The van der Waals surface area contributed by atoms with E-state index in [4.69, 9.17) is 0 Å². The third-order valence-corrected chi connectivity index (χ3v) is 6.25. The lowest BCUT2D eigenvalue weighted by molar-refractivity contribution is -0.0602. The second-order valence-electron chi connectivity index (χ2n) is 7.63. The van der Waals surface area contributed by atoms with Crippen LogP contribution in [0.1, 0.15) is 45.4 Å². The van der Waals surface area contributed by atoms with Gasteiger partial charge in [-0.3, -0.25) is 0 Å². The van der Waals surface area contributed by atoms with Gasteiger partial charge in [0.15, 0.2) is 0 Å². The van der Waals surface area contributed by atoms with E-state index in [0.29, 0.717) is 17.1 Å². The highest BCUT2D eigenvalue weighted by Gasteiger charge is 2.53. The lowest BCUT2D eigenvalue weighted by Gasteiger charge is -2.59. The number of para-hydroxylation sites is 1. The molecular weight excluding hydrogens is 249 g/mol. The van der Waals surface area contributed by atoms with Crippen molar-refractivity contribution in [3.63, 3.8) is 0 Å². The minimum atomic E-state index is -0.121. The molecule has 0 heterocycles. The van der Waals surface area contributed by atoms with E-state index in [-0.39, 0.29) is 5.82 Å². The van der Waals surface area contributed by atoms with Crippen molar-refractivity contribution in [2.75, 3.05) is 5.32 Å². The van der Waals surface area contributed by atoms with E-state index in [1.807, 2.05) is 12.1 Å². The van der Waals surface area contributed by atoms with E-state index in [1.165, 1.54) is 38.5 Å². The van der Waals surface area contributed by atoms with E-state index in [1.54, 1.807) is 12.1 Å². The number of hydrogen-bond donors (Lipinski definition) is 1. The van der Waals surface area contributed by atoms with Gasteiger partial charge in [0.05, 0.1) is 5.69 Å². The summed E-state index contributed by atoms with van der Waals surface area (Å²) in [5.74, 6) is 2.73. The van der Waals surface area contributed by atoms with Crippen molar-refractivity contribution in [3.05, 3.63) is 30.1 Å². The topological polar surface area (TPSA) is 12.0 Å². The Kier molecular flexibility index (Phi) is 2.84. The third-order valence-electron chi connectivity index (χ3n) is 6.25. The Hall–Kier alpha value is -1.05. The first kappa shape index (κ1) is 12.7. The number of halogens is 1. The van der Waals surface area contributed by atoms with Gasteiger partial charge in [0.2, 0.25) is 0 Å². The lowest BCUT2D eigenvalue weighted by atomic mass is 9.48. The zero-order valence-electron chi connectivity index (χ0n) is 12.2. The highest BCUT2D eigenvalue weighted by Crippen LogP contribution is 2.61. The van der Waals surface area contributed by atoms with E-state index < -0.39 is 0 Å². The van der Waals surface area contributed by atoms with Gasteiger partial charge >= 0.3 is 0 Å². The molecule has 4 saturated carbocycles. The largest absolute Gasteiger partial charge is 0.380 e. The molecule has 1 unspecified atom stereocenters. The van der Waals surface area contributed by atoms with Gasteiger partial charge in [-0.2, -0.15) is 0 Å². The van der Waals surface area contributed by atoms with Crippen LogP contribution in [0.4, 0.5) is 10.1 Å². The molecule has 0 amide bonds. The average molecular weight is 273 g/mol. The molecule has 0 aromatic heterocycles. The molecule has 0 aliphatic heterocycles. The summed E-state index contributed by atoms with van der Waals surface area (Å²) in [6.07, 6.45) is 8.48. The van der Waals surface area contributed by atoms with E-state index in [9.17, 15) is 4.39 Å². The molecule has 0 radical (unpaired) electrons. The van der Waals surface area contributed by atoms with Crippen molar-refractivity contribution in [1.82, 2.24) is 0 Å². The summed E-state index contributed by atoms with van der Waals surface area (Å²) in [6, 6.07) is 7.47. The summed E-state index contributed by atoms with van der Waals surface area (Å²) in [6.45, 7) is 2.28. The molecule has 4 bridgehead atoms. The van der Waals surface area contributed by atoms with Gasteiger partial charge < -0.3 is 5.32 Å². The van der Waals surface area contributed by atoms with Crippen molar-refractivity contribution in [2.24, 2.45) is 23.2 Å². The summed E-state index contributed by atoms with van der Waals surface area (Å²) in [7, 11) is 0. The summed E-state index contributed by atoms with van der Waals surface area (Å²) < 4.78 is 13.9. The number of rotatable bonds is 3. The maximum atomic E-state index is 13.9. The van der Waals surface area contributed by atoms with E-state index in [2.05, 4.69) is 12.2 Å². The summed E-state index contributed by atoms with van der Waals surface area (Å²) >= 11 is 0. The van der Waals surface area contributed by atoms with Crippen LogP contribution in [-0.4, -0.2) is 6.04 Å². The summed E-state index contributed by atoms with van der Waals surface area (Å²) in [5.41, 5.74) is 1.10. The van der Waals surface area contributed by atoms with Crippen LogP contribution in [0, 0.1) is 29.0 Å². The van der Waals surface area contributed by atoms with Crippen molar-refractivity contribution >= 4 is 5.69 Å². The van der Waals surface area contributed by atoms with Crippen molar-refractivity contribution in [1.29, 1.82) is 0 Å². The monoisotopic (exact) mass is 273 g/mol. The predicted octanol–water partition coefficient (Wildman–Crippen LogP) is 4.84. The average Bonchev–Trinajstić information content (AvgIpc) is 2.40. The molecule has 2 heteroatoms. The summed E-state index contributed by atoms with van der Waals surface area (Å²) in [4.78, 5) is 0. The smallest absolute Gasteiger partial charge is 0.146 e. The quantitative estimate of drug-likeness (QED) is 0.830. The number of nitrogens with one attached hydrogen (secondary N) is 1. The minimum absolute atomic E-state index is 0.121. The lowest BCUT2D eigenvalue weighted by Crippen LogP contribution is -2.52. The van der Waals surface area contributed by atoms with Crippen LogP contribution < -0.4 is 5.32 Å². The molecule has 20 heavy (non-hydrogen) atoms. The minimum Gasteiger partial charge on any atom is -0.380 e. The Bertz CT molecular complexity index is 475. The van der Waals surface area contributed by atoms with E-state index in [0.717, 1.165) is 17.8 Å². The number of anilines is 1. The second kappa shape index (κ2) is 4.47. The van der Waals surface area contributed by atoms with Gasteiger partial charge in [-0.1, -0.05) is 12.1 Å². The van der Waals surface area contributed by atoms with Gasteiger partial charge in [0.1, 0.15) is 5.82 Å². The highest BCUT2D eigenvalue weighted by atomic mass is 19.1. The Morgan fingerprint density at radius 1 is 1.05 bits per heavy atom. The van der Waals surface area contributed by atoms with Gasteiger partial charge in [0.25, 0.3) is 0 Å². The van der Waals surface area contributed by atoms with Crippen LogP contribution in [-0.2, 0) is 0 Å². The van der Waals surface area contributed by atoms with Crippen LogP contribution >= 0.6 is 0 Å². The van der Waals surface area contributed by atoms with Crippen molar-refractivity contribution in [2.45, 2.75) is 51.5 Å². The van der Waals surface area contributed by atoms with Crippen LogP contribution in [0.5, 0.6) is 0 Å². The van der Waals surface area contributed by atoms with E-state index >= 15 is 0 Å². The molecule has 4 aliphatic carbocycles. The zero-order valence-corrected chi connectivity index (χ0v) is 12.2. The SMILES string of the molecule is CC(Nc1ccccc1F)C12CC3CC(CC(C3)C1)C2. The third kappa shape index (κ3) is 1.96. The maximum Gasteiger partial charge on any atom is 0.146 e. The Labute approximate surface area is 121 Å². The van der Waals surface area contributed by atoms with Crippen molar-refractivity contribution in [3.8, 4) is 0 Å². The molecule has 1 atom stereocenters. The van der Waals surface area contributed by atoms with Crippen LogP contribution in [0.25, 0.3) is 0 Å². The molecular formula is C18H24FN. The van der Waals surface area contributed by atoms with Crippen molar-refractivity contribution < 1.29 is 4.39 Å². The van der Waals surface area contributed by atoms with Gasteiger partial charge in [-0.15, -0.1) is 0 Å². The molecule has 1 N–H and O–H groups in total. The Balaban J connectivity index is 1.56. The van der Waals surface area contributed by atoms with Crippen LogP contribution in [0.15, 0.2) is 24.3 Å². The molecule has 0 saturated heterocycles. The zero-order chi connectivity index (χ0) is 13.7. The first-order valence-corrected chi connectivity index (χ1v) is 8.16. The van der Waals surface area contributed by atoms with Gasteiger partial charge in [0, 0.05) is 6.04 Å². The molecule has 4 fully saturated rings. The fourth-order valence-corrected chi connectivity index (χ4v) is 5.67. The first-order chi connectivity index (χ1) is 9.64. The molecule has 108 valence electrons. The Morgan fingerprint density at radius 2 is 1.60 bits per heavy atom. The normalized spacial score (nSPS) is 39.8. The number of benzene rings is 1. The van der Waals surface area contributed by atoms with Gasteiger partial charge in [-0.25, -0.2) is 4.39 Å². The summed E-state index contributed by atoms with van der Waals surface area (Å²) in [5, 5.41) is 3.49. The van der Waals surface area contributed by atoms with Gasteiger partial charge in [-0.05, 0) is 80.8 Å². The second-order valence-corrected chi connectivity index (χ2v) is 7.63. The molecule has 5 rings (SSSR count). The fraction of sp³-hybridized carbons (Fsp3) is 0.667. The molecule has 0 spiro atoms. The first-order valence-electron chi connectivity index (χ1n) is 8.16. The molecule has 1 aromatic carbocycles. The molecule has 1 nitrogen and oxygen atoms in total. The number of hydrogen-bond acceptors (Lipinski definition) is 1. The Morgan fingerprint density at radius 3 is 2.15 bits per heavy atom. The standard InChI is InChI=1S/C18H24FN/c1-12(20-17-5-3-2-4-16(17)19)18-9-13-6-14(10-18)8-15(7-13)11-18/h2-5,12-15,20H,6-11H2,1H3. The van der Waals surface area contributed by atoms with Crippen LogP contribution in [0.3, 0.4) is 0 Å². The highest BCUT2D eigenvalue weighted by molar-refractivity contribution is 5.45. The van der Waals surface area contributed by atoms with Crippen LogP contribution in [0.2, 0.25) is 0 Å². The predicted molar refractivity (Wildman–Crippen MR) is 80.1 cm³/mol. The molecule has 4 aliphatic rings. The molecule has 1 aromatic rings. The maximum absolute atomic E-state index is 13.9. The fourth-order valence-electron chi connectivity index (χ4n) is 5.67.